The molecule has 1 atom stereocenters. The van der Waals surface area contributed by atoms with Gasteiger partial charge in [0.05, 0.1) is 0 Å². The van der Waals surface area contributed by atoms with Crippen molar-refractivity contribution in [2.75, 3.05) is 19.7 Å². The number of likely N-dealkylation sites (tertiary alicyclic amines) is 1. The fourth-order valence-electron chi connectivity index (χ4n) is 3.57. The Balaban J connectivity index is 1.74. The fourth-order valence-corrected chi connectivity index (χ4v) is 3.57. The van der Waals surface area contributed by atoms with Crippen molar-refractivity contribution in [3.63, 3.8) is 0 Å². The van der Waals surface area contributed by atoms with E-state index in [0.29, 0.717) is 18.5 Å². The topological polar surface area (TPSA) is 69.6 Å². The molecule has 1 heterocycles. The van der Waals surface area contributed by atoms with E-state index >= 15 is 0 Å². The van der Waals surface area contributed by atoms with Crippen molar-refractivity contribution >= 4 is 11.8 Å². The van der Waals surface area contributed by atoms with Crippen LogP contribution in [0.25, 0.3) is 11.1 Å². The van der Waals surface area contributed by atoms with Crippen LogP contribution in [0, 0.1) is 0 Å². The largest absolute Gasteiger partial charge is 0.396 e. The number of carbonyl (C=O) groups is 2. The molecule has 2 aromatic rings. The number of benzene rings is 2. The van der Waals surface area contributed by atoms with E-state index in [2.05, 4.69) is 5.32 Å². The van der Waals surface area contributed by atoms with Crippen LogP contribution < -0.4 is 5.32 Å². The summed E-state index contributed by atoms with van der Waals surface area (Å²) in [5.41, 5.74) is 3.79. The van der Waals surface area contributed by atoms with Crippen LogP contribution in [-0.4, -0.2) is 47.6 Å². The molecule has 1 aliphatic heterocycles. The first-order valence-corrected chi connectivity index (χ1v) is 9.43. The molecule has 142 valence electrons. The Morgan fingerprint density at radius 3 is 2.63 bits per heavy atom. The number of hydrogen-bond acceptors (Lipinski definition) is 3. The first kappa shape index (κ1) is 19.1. The van der Waals surface area contributed by atoms with Crippen LogP contribution >= 0.6 is 0 Å². The lowest BCUT2D eigenvalue weighted by Crippen LogP contribution is -2.49. The molecule has 1 aliphatic rings. The summed E-state index contributed by atoms with van der Waals surface area (Å²) in [4.78, 5) is 26.1. The number of aliphatic hydroxyl groups is 1. The number of aliphatic hydroxyl groups excluding tert-OH is 1. The Morgan fingerprint density at radius 1 is 1.15 bits per heavy atom. The second kappa shape index (κ2) is 8.82. The van der Waals surface area contributed by atoms with Crippen molar-refractivity contribution in [2.45, 2.75) is 32.2 Å². The molecule has 0 bridgehead atoms. The van der Waals surface area contributed by atoms with Gasteiger partial charge in [-0.05, 0) is 48.1 Å². The monoisotopic (exact) mass is 366 g/mol. The molecule has 3 rings (SSSR count). The van der Waals surface area contributed by atoms with E-state index in [1.807, 2.05) is 53.4 Å². The van der Waals surface area contributed by atoms with Gasteiger partial charge in [-0.2, -0.15) is 0 Å². The maximum absolute atomic E-state index is 12.9. The molecule has 2 N–H and O–H groups in total. The average Bonchev–Trinajstić information content (AvgIpc) is 2.68. The summed E-state index contributed by atoms with van der Waals surface area (Å²) in [5.74, 6) is -0.0512. The Labute approximate surface area is 160 Å². The molecule has 1 saturated heterocycles. The van der Waals surface area contributed by atoms with Crippen LogP contribution in [0.1, 0.15) is 35.7 Å². The number of piperidine rings is 1. The fraction of sp³-hybridized carbons (Fsp3) is 0.364. The van der Waals surface area contributed by atoms with Crippen LogP contribution in [0.4, 0.5) is 0 Å². The third-order valence-electron chi connectivity index (χ3n) is 4.91. The second-order valence-electron chi connectivity index (χ2n) is 7.04. The molecule has 0 aliphatic carbocycles. The Morgan fingerprint density at radius 2 is 1.93 bits per heavy atom. The van der Waals surface area contributed by atoms with E-state index < -0.39 is 0 Å². The van der Waals surface area contributed by atoms with Gasteiger partial charge < -0.3 is 15.3 Å². The summed E-state index contributed by atoms with van der Waals surface area (Å²) in [6.07, 6.45) is 2.44. The minimum absolute atomic E-state index is 0.00352. The highest BCUT2D eigenvalue weighted by Gasteiger charge is 2.25. The normalized spacial score (nSPS) is 16.8. The third-order valence-corrected chi connectivity index (χ3v) is 4.91. The lowest BCUT2D eigenvalue weighted by Gasteiger charge is -2.33. The number of carbonyl (C=O) groups excluding carboxylic acids is 2. The number of hydrogen-bond donors (Lipinski definition) is 2. The van der Waals surface area contributed by atoms with Crippen molar-refractivity contribution in [1.29, 1.82) is 0 Å². The van der Waals surface area contributed by atoms with E-state index in [1.165, 1.54) is 6.92 Å². The number of amides is 2. The lowest BCUT2D eigenvalue weighted by molar-refractivity contribution is -0.120. The van der Waals surface area contributed by atoms with Gasteiger partial charge in [-0.3, -0.25) is 9.59 Å². The van der Waals surface area contributed by atoms with Crippen molar-refractivity contribution in [3.8, 4) is 11.1 Å². The van der Waals surface area contributed by atoms with Crippen molar-refractivity contribution in [3.05, 3.63) is 59.7 Å². The Bertz CT molecular complexity index is 801. The molecule has 0 spiro atoms. The summed E-state index contributed by atoms with van der Waals surface area (Å²) in [6.45, 7) is 2.92. The first-order chi connectivity index (χ1) is 13.1. The van der Waals surface area contributed by atoms with Gasteiger partial charge in [-0.15, -0.1) is 0 Å². The zero-order chi connectivity index (χ0) is 19.2. The smallest absolute Gasteiger partial charge is 0.253 e. The van der Waals surface area contributed by atoms with E-state index in [4.69, 9.17) is 5.11 Å². The van der Waals surface area contributed by atoms with Gasteiger partial charge in [0.2, 0.25) is 5.91 Å². The summed E-state index contributed by atoms with van der Waals surface area (Å²) in [7, 11) is 0. The van der Waals surface area contributed by atoms with Crippen molar-refractivity contribution in [1.82, 2.24) is 10.2 Å². The molecule has 27 heavy (non-hydrogen) atoms. The quantitative estimate of drug-likeness (QED) is 0.855. The van der Waals surface area contributed by atoms with E-state index in [9.17, 15) is 9.59 Å². The Hall–Kier alpha value is -2.66. The van der Waals surface area contributed by atoms with E-state index in [1.54, 1.807) is 0 Å². The highest BCUT2D eigenvalue weighted by atomic mass is 16.3. The van der Waals surface area contributed by atoms with Crippen LogP contribution in [0.3, 0.4) is 0 Å². The summed E-state index contributed by atoms with van der Waals surface area (Å²) >= 11 is 0. The van der Waals surface area contributed by atoms with Crippen molar-refractivity contribution in [2.24, 2.45) is 0 Å². The van der Waals surface area contributed by atoms with Gasteiger partial charge in [-0.1, -0.05) is 36.4 Å². The van der Waals surface area contributed by atoms with Gasteiger partial charge in [-0.25, -0.2) is 0 Å². The predicted octanol–water partition coefficient (Wildman–Crippen LogP) is 2.63. The number of rotatable bonds is 5. The lowest BCUT2D eigenvalue weighted by atomic mass is 9.99. The maximum Gasteiger partial charge on any atom is 0.253 e. The van der Waals surface area contributed by atoms with Crippen LogP contribution in [0.15, 0.2) is 48.5 Å². The minimum Gasteiger partial charge on any atom is -0.396 e. The van der Waals surface area contributed by atoms with E-state index in [0.717, 1.165) is 36.1 Å². The summed E-state index contributed by atoms with van der Waals surface area (Å²) in [5, 5.41) is 11.9. The van der Waals surface area contributed by atoms with Gasteiger partial charge in [0.25, 0.3) is 5.91 Å². The molecule has 0 unspecified atom stereocenters. The van der Waals surface area contributed by atoms with Gasteiger partial charge >= 0.3 is 0 Å². The molecule has 0 radical (unpaired) electrons. The standard InChI is InChI=1S/C22H26N2O3/c1-16(26)23-21-6-3-12-24(15-21)22(27)20-5-2-4-19(14-20)18-9-7-17(8-10-18)11-13-25/h2,4-5,7-10,14,21,25H,3,6,11-13,15H2,1H3,(H,23,26)/t21-/m0/s1. The molecule has 2 amide bonds. The minimum atomic E-state index is -0.0547. The molecule has 5 nitrogen and oxygen atoms in total. The van der Waals surface area contributed by atoms with Crippen molar-refractivity contribution < 1.29 is 14.7 Å². The van der Waals surface area contributed by atoms with Crippen LogP contribution in [0.5, 0.6) is 0 Å². The molecule has 0 aromatic heterocycles. The van der Waals surface area contributed by atoms with Gasteiger partial charge in [0.15, 0.2) is 0 Å². The summed E-state index contributed by atoms with van der Waals surface area (Å²) in [6, 6.07) is 15.7. The average molecular weight is 366 g/mol. The SMILES string of the molecule is CC(=O)N[C@H]1CCCN(C(=O)c2cccc(-c3ccc(CCO)cc3)c2)C1. The highest BCUT2D eigenvalue weighted by molar-refractivity contribution is 5.95. The van der Waals surface area contributed by atoms with Crippen LogP contribution in [-0.2, 0) is 11.2 Å². The molecule has 2 aromatic carbocycles. The van der Waals surface area contributed by atoms with Gasteiger partial charge in [0, 0.05) is 38.2 Å². The number of nitrogens with zero attached hydrogens (tertiary/aromatic N) is 1. The molecular weight excluding hydrogens is 340 g/mol. The van der Waals surface area contributed by atoms with Gasteiger partial charge in [0.1, 0.15) is 0 Å². The third kappa shape index (κ3) is 4.95. The Kier molecular flexibility index (Phi) is 6.24. The molecule has 5 heteroatoms. The summed E-state index contributed by atoms with van der Waals surface area (Å²) < 4.78 is 0. The highest BCUT2D eigenvalue weighted by Crippen LogP contribution is 2.23. The molecular formula is C22H26N2O3. The van der Waals surface area contributed by atoms with Crippen LogP contribution in [0.2, 0.25) is 0 Å². The first-order valence-electron chi connectivity index (χ1n) is 9.43. The zero-order valence-corrected chi connectivity index (χ0v) is 15.6. The second-order valence-corrected chi connectivity index (χ2v) is 7.04. The number of nitrogens with one attached hydrogen (secondary N) is 1. The predicted molar refractivity (Wildman–Crippen MR) is 105 cm³/mol. The molecule has 0 saturated carbocycles. The van der Waals surface area contributed by atoms with E-state index in [-0.39, 0.29) is 24.5 Å². The maximum atomic E-state index is 12.9. The molecule has 1 fully saturated rings. The zero-order valence-electron chi connectivity index (χ0n) is 15.6.